The number of aliphatic imine (C=N–C) groups is 1. The van der Waals surface area contributed by atoms with Gasteiger partial charge in [-0.15, -0.1) is 24.0 Å². The molecule has 1 atom stereocenters. The molecular weight excluding hydrogens is 499 g/mol. The lowest BCUT2D eigenvalue weighted by Crippen LogP contribution is -2.40. The summed E-state index contributed by atoms with van der Waals surface area (Å²) in [7, 11) is -1.35. The van der Waals surface area contributed by atoms with E-state index in [9.17, 15) is 8.42 Å². The fourth-order valence-corrected chi connectivity index (χ4v) is 4.22. The van der Waals surface area contributed by atoms with Crippen LogP contribution < -0.4 is 10.6 Å². The minimum absolute atomic E-state index is 0. The van der Waals surface area contributed by atoms with Crippen LogP contribution >= 0.6 is 24.0 Å². The lowest BCUT2D eigenvalue weighted by molar-refractivity contribution is 0.158. The van der Waals surface area contributed by atoms with E-state index in [1.165, 1.54) is 45.0 Å². The van der Waals surface area contributed by atoms with Gasteiger partial charge in [-0.3, -0.25) is 4.99 Å². The highest BCUT2D eigenvalue weighted by Gasteiger charge is 2.16. The summed E-state index contributed by atoms with van der Waals surface area (Å²) in [5.74, 6) is 0.819. The Balaban J connectivity index is 0.00000420. The standard InChI is InChI=1S/C21H36N4O2S.HI/c1-18-8-4-6-16-25(18)17-7-5-14-23-21(22-2)24-15-13-19-9-11-20(12-10-19)28(3,26)27;/h9-12,18H,4-8,13-17H2,1-3H3,(H2,22,23,24);1H. The number of piperidine rings is 1. The molecule has 6 nitrogen and oxygen atoms in total. The summed E-state index contributed by atoms with van der Waals surface area (Å²) in [6.45, 7) is 6.47. The lowest BCUT2D eigenvalue weighted by Gasteiger charge is -2.33. The first-order chi connectivity index (χ1) is 13.4. The van der Waals surface area contributed by atoms with Crippen molar-refractivity contribution in [3.8, 4) is 0 Å². The van der Waals surface area contributed by atoms with Crippen LogP contribution in [0.5, 0.6) is 0 Å². The van der Waals surface area contributed by atoms with Crippen molar-refractivity contribution in [2.45, 2.75) is 56.4 Å². The maximum Gasteiger partial charge on any atom is 0.190 e. The second-order valence-electron chi connectivity index (χ2n) is 7.68. The Morgan fingerprint density at radius 1 is 1.14 bits per heavy atom. The maximum absolute atomic E-state index is 11.5. The highest BCUT2D eigenvalue weighted by atomic mass is 127. The highest BCUT2D eigenvalue weighted by Crippen LogP contribution is 2.16. The molecule has 0 amide bonds. The molecule has 0 saturated carbocycles. The van der Waals surface area contributed by atoms with Gasteiger partial charge in [0.1, 0.15) is 0 Å². The number of likely N-dealkylation sites (tertiary alicyclic amines) is 1. The zero-order chi connectivity index (χ0) is 20.4. The molecule has 1 unspecified atom stereocenters. The Morgan fingerprint density at radius 2 is 1.83 bits per heavy atom. The van der Waals surface area contributed by atoms with E-state index >= 15 is 0 Å². The monoisotopic (exact) mass is 536 g/mol. The molecule has 29 heavy (non-hydrogen) atoms. The Labute approximate surface area is 193 Å². The van der Waals surface area contributed by atoms with Crippen LogP contribution in [0, 0.1) is 0 Å². The third kappa shape index (κ3) is 9.65. The minimum atomic E-state index is -3.13. The summed E-state index contributed by atoms with van der Waals surface area (Å²) >= 11 is 0. The summed E-state index contributed by atoms with van der Waals surface area (Å²) in [6, 6.07) is 7.82. The number of benzene rings is 1. The summed E-state index contributed by atoms with van der Waals surface area (Å²) in [4.78, 5) is 7.25. The molecule has 1 heterocycles. The predicted octanol–water partition coefficient (Wildman–Crippen LogP) is 3.07. The number of guanidine groups is 1. The molecule has 1 aliphatic heterocycles. The van der Waals surface area contributed by atoms with Gasteiger partial charge in [0, 0.05) is 32.4 Å². The van der Waals surface area contributed by atoms with Gasteiger partial charge in [-0.1, -0.05) is 18.6 Å². The van der Waals surface area contributed by atoms with Crippen molar-refractivity contribution in [3.05, 3.63) is 29.8 Å². The third-order valence-corrected chi connectivity index (χ3v) is 6.51. The molecule has 1 fully saturated rings. The van der Waals surface area contributed by atoms with Crippen LogP contribution in [-0.4, -0.2) is 64.8 Å². The summed E-state index contributed by atoms with van der Waals surface area (Å²) < 4.78 is 23.0. The number of nitrogens with one attached hydrogen (secondary N) is 2. The topological polar surface area (TPSA) is 73.8 Å². The van der Waals surface area contributed by atoms with Crippen molar-refractivity contribution in [1.29, 1.82) is 0 Å². The molecule has 0 aromatic heterocycles. The van der Waals surface area contributed by atoms with E-state index in [0.717, 1.165) is 43.5 Å². The molecule has 0 aliphatic carbocycles. The normalized spacial score (nSPS) is 18.2. The molecule has 0 spiro atoms. The number of nitrogens with zero attached hydrogens (tertiary/aromatic N) is 2. The van der Waals surface area contributed by atoms with Gasteiger partial charge in [0.15, 0.2) is 15.8 Å². The van der Waals surface area contributed by atoms with E-state index in [1.807, 2.05) is 12.1 Å². The molecule has 166 valence electrons. The summed E-state index contributed by atoms with van der Waals surface area (Å²) in [5.41, 5.74) is 1.10. The number of hydrogen-bond donors (Lipinski definition) is 2. The van der Waals surface area contributed by atoms with Gasteiger partial charge in [-0.25, -0.2) is 8.42 Å². The number of hydrogen-bond acceptors (Lipinski definition) is 4. The van der Waals surface area contributed by atoms with Crippen LogP contribution in [0.2, 0.25) is 0 Å². The van der Waals surface area contributed by atoms with E-state index in [0.29, 0.717) is 4.90 Å². The van der Waals surface area contributed by atoms with Crippen LogP contribution in [0.1, 0.15) is 44.6 Å². The fraction of sp³-hybridized carbons (Fsp3) is 0.667. The van der Waals surface area contributed by atoms with Crippen molar-refractivity contribution >= 4 is 39.8 Å². The third-order valence-electron chi connectivity index (χ3n) is 5.39. The van der Waals surface area contributed by atoms with E-state index in [4.69, 9.17) is 0 Å². The summed E-state index contributed by atoms with van der Waals surface area (Å²) in [5, 5.41) is 6.70. The number of rotatable bonds is 9. The molecule has 8 heteroatoms. The van der Waals surface area contributed by atoms with Gasteiger partial charge in [-0.05, 0) is 69.8 Å². The van der Waals surface area contributed by atoms with Gasteiger partial charge in [0.05, 0.1) is 4.90 Å². The van der Waals surface area contributed by atoms with Gasteiger partial charge < -0.3 is 15.5 Å². The molecule has 1 aromatic rings. The largest absolute Gasteiger partial charge is 0.356 e. The van der Waals surface area contributed by atoms with Crippen molar-refractivity contribution < 1.29 is 8.42 Å². The molecule has 1 aromatic carbocycles. The fourth-order valence-electron chi connectivity index (χ4n) is 3.59. The highest BCUT2D eigenvalue weighted by molar-refractivity contribution is 14.0. The van der Waals surface area contributed by atoms with Crippen molar-refractivity contribution in [1.82, 2.24) is 15.5 Å². The van der Waals surface area contributed by atoms with Crippen molar-refractivity contribution in [3.63, 3.8) is 0 Å². The maximum atomic E-state index is 11.5. The average Bonchev–Trinajstić information content (AvgIpc) is 2.67. The zero-order valence-electron chi connectivity index (χ0n) is 18.0. The van der Waals surface area contributed by atoms with E-state index in [2.05, 4.69) is 27.4 Å². The average molecular weight is 537 g/mol. The summed E-state index contributed by atoms with van der Waals surface area (Å²) in [6.07, 6.45) is 8.45. The molecule has 2 N–H and O–H groups in total. The van der Waals surface area contributed by atoms with Crippen LogP contribution in [0.25, 0.3) is 0 Å². The van der Waals surface area contributed by atoms with Gasteiger partial charge in [-0.2, -0.15) is 0 Å². The van der Waals surface area contributed by atoms with Crippen molar-refractivity contribution in [2.24, 2.45) is 4.99 Å². The van der Waals surface area contributed by atoms with Gasteiger partial charge >= 0.3 is 0 Å². The molecule has 1 aliphatic rings. The minimum Gasteiger partial charge on any atom is -0.356 e. The van der Waals surface area contributed by atoms with Gasteiger partial charge in [0.25, 0.3) is 0 Å². The number of sulfone groups is 1. The second kappa shape index (κ2) is 13.4. The van der Waals surface area contributed by atoms with E-state index in [1.54, 1.807) is 19.2 Å². The number of halogens is 1. The van der Waals surface area contributed by atoms with Gasteiger partial charge in [0.2, 0.25) is 0 Å². The molecule has 0 radical (unpaired) electrons. The Kier molecular flexibility index (Phi) is 12.1. The predicted molar refractivity (Wildman–Crippen MR) is 132 cm³/mol. The van der Waals surface area contributed by atoms with Crippen LogP contribution in [-0.2, 0) is 16.3 Å². The van der Waals surface area contributed by atoms with Crippen LogP contribution in [0.4, 0.5) is 0 Å². The SMILES string of the molecule is CN=C(NCCCCN1CCCCC1C)NCCc1ccc(S(C)(=O)=O)cc1.I. The first-order valence-corrected chi connectivity index (χ1v) is 12.3. The first kappa shape index (κ1) is 26.2. The zero-order valence-corrected chi connectivity index (χ0v) is 21.1. The quantitative estimate of drug-likeness (QED) is 0.220. The first-order valence-electron chi connectivity index (χ1n) is 10.4. The molecule has 1 saturated heterocycles. The Hall–Kier alpha value is -0.870. The van der Waals surface area contributed by atoms with Crippen molar-refractivity contribution in [2.75, 3.05) is 39.5 Å². The Bertz CT molecular complexity index is 723. The molecule has 0 bridgehead atoms. The van der Waals surface area contributed by atoms with Crippen LogP contribution in [0.15, 0.2) is 34.2 Å². The molecule has 2 rings (SSSR count). The smallest absolute Gasteiger partial charge is 0.190 e. The Morgan fingerprint density at radius 3 is 2.45 bits per heavy atom. The number of unbranched alkanes of at least 4 members (excludes halogenated alkanes) is 1. The van der Waals surface area contributed by atoms with E-state index < -0.39 is 9.84 Å². The molecular formula is C21H37IN4O2S. The van der Waals surface area contributed by atoms with Crippen LogP contribution in [0.3, 0.4) is 0 Å². The van der Waals surface area contributed by atoms with E-state index in [-0.39, 0.29) is 24.0 Å². The lowest BCUT2D eigenvalue weighted by atomic mass is 10.0. The second-order valence-corrected chi connectivity index (χ2v) is 9.70.